The molecule has 0 aliphatic carbocycles. The molecule has 162 valence electrons. The fraction of sp³-hybridized carbons (Fsp3) is 0.167. The zero-order valence-corrected chi connectivity index (χ0v) is 19.6. The molecule has 3 heteroatoms. The average Bonchev–Trinajstić information content (AvgIpc) is 3.22. The lowest BCUT2D eigenvalue weighted by Gasteiger charge is -2.19. The molecule has 0 amide bonds. The van der Waals surface area contributed by atoms with E-state index in [0.717, 1.165) is 21.8 Å². The highest BCUT2D eigenvalue weighted by atomic mass is 32.1. The summed E-state index contributed by atoms with van der Waals surface area (Å²) >= 11 is 1.72. The van der Waals surface area contributed by atoms with E-state index in [2.05, 4.69) is 59.6 Å². The molecular formula is C30H24FNS. The summed E-state index contributed by atoms with van der Waals surface area (Å²) in [5, 5.41) is 7.15. The van der Waals surface area contributed by atoms with Gasteiger partial charge in [-0.25, -0.2) is 4.39 Å². The van der Waals surface area contributed by atoms with Crippen LogP contribution < -0.4 is 0 Å². The van der Waals surface area contributed by atoms with Crippen LogP contribution in [-0.4, -0.2) is 4.98 Å². The predicted octanol–water partition coefficient (Wildman–Crippen LogP) is 9.15. The summed E-state index contributed by atoms with van der Waals surface area (Å²) in [6.45, 7) is 5.36. The minimum atomic E-state index is -1.85. The minimum absolute atomic E-state index is 0.0463. The largest absolute Gasteiger partial charge is 0.253 e. The number of aromatic nitrogens is 1. The quantitative estimate of drug-likeness (QED) is 0.239. The summed E-state index contributed by atoms with van der Waals surface area (Å²) in [6.07, 6.45) is -0.692. The van der Waals surface area contributed by atoms with Crippen LogP contribution >= 0.6 is 11.3 Å². The van der Waals surface area contributed by atoms with Gasteiger partial charge in [-0.2, -0.15) is 0 Å². The van der Waals surface area contributed by atoms with Crippen molar-refractivity contribution in [1.29, 1.82) is 0 Å². The van der Waals surface area contributed by atoms with E-state index in [0.29, 0.717) is 5.69 Å². The molecule has 0 unspecified atom stereocenters. The van der Waals surface area contributed by atoms with Gasteiger partial charge in [-0.15, -0.1) is 11.3 Å². The van der Waals surface area contributed by atoms with E-state index in [1.807, 2.05) is 12.1 Å². The number of halogens is 1. The van der Waals surface area contributed by atoms with Crippen LogP contribution in [0.15, 0.2) is 79.0 Å². The number of nitrogens with zero attached hydrogens (tertiary/aromatic N) is 1. The monoisotopic (exact) mass is 451 g/mol. The van der Waals surface area contributed by atoms with Gasteiger partial charge in [0.2, 0.25) is 0 Å². The van der Waals surface area contributed by atoms with Crippen LogP contribution in [0, 0.1) is 11.2 Å². The van der Waals surface area contributed by atoms with Crippen LogP contribution in [0.1, 0.15) is 29.1 Å². The Kier molecular flexibility index (Phi) is 4.05. The van der Waals surface area contributed by atoms with Crippen molar-refractivity contribution in [2.75, 3.05) is 0 Å². The van der Waals surface area contributed by atoms with Crippen LogP contribution in [0.5, 0.6) is 0 Å². The molecule has 0 saturated carbocycles. The molecule has 4 aromatic carbocycles. The Morgan fingerprint density at radius 1 is 0.818 bits per heavy atom. The van der Waals surface area contributed by atoms with E-state index in [4.69, 9.17) is 2.74 Å². The molecule has 0 N–H and O–H groups in total. The molecule has 0 spiro atoms. The van der Waals surface area contributed by atoms with Gasteiger partial charge in [0, 0.05) is 33.9 Å². The standard InChI is InChI=1S/C30H24FNS/c1-30(2,3)16-21-15-27(32-17-26(21)31)24-10-6-9-22-23-12-11-20-13-18-7-4-5-8-19(18)14-25(20)29(23)33-28(22)24/h4-15,17H,16H2,1-3H3/i16D2. The molecule has 0 fully saturated rings. The third kappa shape index (κ3) is 3.48. The molecule has 33 heavy (non-hydrogen) atoms. The molecule has 0 radical (unpaired) electrons. The second kappa shape index (κ2) is 7.36. The van der Waals surface area contributed by atoms with Gasteiger partial charge >= 0.3 is 0 Å². The molecule has 6 rings (SSSR count). The molecule has 0 aliphatic rings. The van der Waals surface area contributed by atoms with Gasteiger partial charge < -0.3 is 0 Å². The van der Waals surface area contributed by atoms with Crippen LogP contribution in [0.2, 0.25) is 0 Å². The summed E-state index contributed by atoms with van der Waals surface area (Å²) in [5.74, 6) is -0.616. The van der Waals surface area contributed by atoms with Crippen molar-refractivity contribution in [1.82, 2.24) is 4.98 Å². The fourth-order valence-corrected chi connectivity index (χ4v) is 5.91. The lowest BCUT2D eigenvalue weighted by molar-refractivity contribution is 0.402. The lowest BCUT2D eigenvalue weighted by atomic mass is 9.88. The number of benzene rings is 4. The van der Waals surface area contributed by atoms with Gasteiger partial charge in [0.05, 0.1) is 11.9 Å². The van der Waals surface area contributed by atoms with Crippen LogP contribution in [-0.2, 0) is 6.37 Å². The molecule has 6 aromatic rings. The van der Waals surface area contributed by atoms with Crippen molar-refractivity contribution >= 4 is 53.1 Å². The Morgan fingerprint density at radius 3 is 2.36 bits per heavy atom. The number of hydrogen-bond donors (Lipinski definition) is 0. The van der Waals surface area contributed by atoms with Crippen molar-refractivity contribution in [3.63, 3.8) is 0 Å². The van der Waals surface area contributed by atoms with E-state index in [1.54, 1.807) is 38.2 Å². The van der Waals surface area contributed by atoms with Crippen LogP contribution in [0.4, 0.5) is 4.39 Å². The first-order valence-electron chi connectivity index (χ1n) is 12.1. The van der Waals surface area contributed by atoms with E-state index in [1.165, 1.54) is 31.6 Å². The zero-order valence-electron chi connectivity index (χ0n) is 20.7. The molecule has 2 aromatic heterocycles. The predicted molar refractivity (Wildman–Crippen MR) is 141 cm³/mol. The molecule has 0 aliphatic heterocycles. The topological polar surface area (TPSA) is 12.9 Å². The first kappa shape index (κ1) is 18.2. The fourth-order valence-electron chi connectivity index (χ4n) is 4.56. The second-order valence-corrected chi connectivity index (χ2v) is 10.6. The second-order valence-electron chi connectivity index (χ2n) is 9.57. The van der Waals surface area contributed by atoms with Crippen LogP contribution in [0.3, 0.4) is 0 Å². The summed E-state index contributed by atoms with van der Waals surface area (Å²) in [5.41, 5.74) is 0.757. The number of pyridine rings is 1. The highest BCUT2D eigenvalue weighted by molar-refractivity contribution is 7.27. The highest BCUT2D eigenvalue weighted by Crippen LogP contribution is 2.43. The highest BCUT2D eigenvalue weighted by Gasteiger charge is 2.18. The van der Waals surface area contributed by atoms with Crippen molar-refractivity contribution < 1.29 is 7.13 Å². The van der Waals surface area contributed by atoms with Gasteiger partial charge in [0.15, 0.2) is 0 Å². The number of hydrogen-bond acceptors (Lipinski definition) is 2. The summed E-state index contributed by atoms with van der Waals surface area (Å²) in [7, 11) is 0. The Morgan fingerprint density at radius 2 is 1.58 bits per heavy atom. The SMILES string of the molecule is [2H]C([2H])(c1cc(-c2cccc3c2sc2c4cc5ccccc5cc4ccc32)ncc1F)C(C)(C)C. The van der Waals surface area contributed by atoms with Gasteiger partial charge in [-0.3, -0.25) is 4.98 Å². The van der Waals surface area contributed by atoms with Crippen molar-refractivity contribution in [2.45, 2.75) is 27.1 Å². The van der Waals surface area contributed by atoms with Crippen LogP contribution in [0.25, 0.3) is 53.0 Å². The van der Waals surface area contributed by atoms with E-state index >= 15 is 0 Å². The van der Waals surface area contributed by atoms with Gasteiger partial charge in [-0.05, 0) is 51.7 Å². The number of thiophene rings is 1. The first-order chi connectivity index (χ1) is 16.6. The van der Waals surface area contributed by atoms with Gasteiger partial charge in [-0.1, -0.05) is 75.4 Å². The molecule has 0 atom stereocenters. The summed E-state index contributed by atoms with van der Waals surface area (Å²) in [6, 6.07) is 24.9. The van der Waals surface area contributed by atoms with Gasteiger partial charge in [0.1, 0.15) is 5.82 Å². The normalized spacial score (nSPS) is 13.7. The molecular weight excluding hydrogens is 425 g/mol. The summed E-state index contributed by atoms with van der Waals surface area (Å²) in [4.78, 5) is 4.39. The number of rotatable bonds is 2. The number of fused-ring (bicyclic) bond motifs is 6. The van der Waals surface area contributed by atoms with E-state index in [9.17, 15) is 4.39 Å². The maximum Gasteiger partial charge on any atom is 0.144 e. The van der Waals surface area contributed by atoms with Crippen molar-refractivity contribution in [2.24, 2.45) is 5.41 Å². The molecule has 0 saturated heterocycles. The third-order valence-electron chi connectivity index (χ3n) is 5.99. The Hall–Kier alpha value is -3.30. The molecule has 1 nitrogen and oxygen atoms in total. The summed E-state index contributed by atoms with van der Waals surface area (Å²) < 4.78 is 34.3. The minimum Gasteiger partial charge on any atom is -0.253 e. The first-order valence-corrected chi connectivity index (χ1v) is 11.9. The maximum absolute atomic E-state index is 14.8. The smallest absolute Gasteiger partial charge is 0.144 e. The zero-order chi connectivity index (χ0) is 24.5. The van der Waals surface area contributed by atoms with Crippen molar-refractivity contribution in [3.8, 4) is 11.3 Å². The Labute approximate surface area is 199 Å². The molecule has 2 heterocycles. The maximum atomic E-state index is 14.8. The lowest BCUT2D eigenvalue weighted by Crippen LogP contribution is -2.11. The van der Waals surface area contributed by atoms with Gasteiger partial charge in [0.25, 0.3) is 0 Å². The van der Waals surface area contributed by atoms with Crippen molar-refractivity contribution in [3.05, 3.63) is 90.4 Å². The average molecular weight is 452 g/mol. The third-order valence-corrected chi connectivity index (χ3v) is 7.27. The van der Waals surface area contributed by atoms with E-state index < -0.39 is 17.6 Å². The van der Waals surface area contributed by atoms with E-state index in [-0.39, 0.29) is 5.56 Å². The Bertz CT molecular complexity index is 1780. The Balaban J connectivity index is 1.62. The molecule has 0 bridgehead atoms.